The van der Waals surface area contributed by atoms with Crippen molar-refractivity contribution in [2.45, 2.75) is 38.8 Å². The molecular weight excluding hydrogens is 326 g/mol. The zero-order chi connectivity index (χ0) is 15.8. The number of benzene rings is 1. The first-order chi connectivity index (χ1) is 10.0. The molecule has 0 aliphatic heterocycles. The van der Waals surface area contributed by atoms with Gasteiger partial charge in [-0.3, -0.25) is 4.90 Å². The molecule has 0 spiro atoms. The van der Waals surface area contributed by atoms with Gasteiger partial charge in [0, 0.05) is 17.1 Å². The van der Waals surface area contributed by atoms with E-state index in [1.807, 2.05) is 0 Å². The number of nitrogens with two attached hydrogens (primary N) is 1. The molecule has 1 aromatic rings. The summed E-state index contributed by atoms with van der Waals surface area (Å²) in [6.45, 7) is 7.60. The van der Waals surface area contributed by atoms with Gasteiger partial charge in [0.05, 0.1) is 6.04 Å². The summed E-state index contributed by atoms with van der Waals surface area (Å²) in [4.78, 5) is 4.75. The van der Waals surface area contributed by atoms with Gasteiger partial charge >= 0.3 is 0 Å². The predicted octanol–water partition coefficient (Wildman–Crippen LogP) is 3.50. The molecule has 2 N–H and O–H groups in total. The Bertz CT molecular complexity index is 409. The summed E-state index contributed by atoms with van der Waals surface area (Å²) < 4.78 is 1.16. The van der Waals surface area contributed by atoms with E-state index in [0.717, 1.165) is 36.9 Å². The Morgan fingerprint density at radius 3 is 2.33 bits per heavy atom. The summed E-state index contributed by atoms with van der Waals surface area (Å²) in [5.74, 6) is 0. The van der Waals surface area contributed by atoms with E-state index in [0.29, 0.717) is 0 Å². The Labute approximate surface area is 138 Å². The molecule has 2 unspecified atom stereocenters. The van der Waals surface area contributed by atoms with Gasteiger partial charge in [0.25, 0.3) is 0 Å². The minimum Gasteiger partial charge on any atom is -0.326 e. The molecule has 21 heavy (non-hydrogen) atoms. The molecule has 0 saturated heterocycles. The molecule has 0 bridgehead atoms. The van der Waals surface area contributed by atoms with Crippen LogP contribution in [0.3, 0.4) is 0 Å². The zero-order valence-electron chi connectivity index (χ0n) is 13.8. The summed E-state index contributed by atoms with van der Waals surface area (Å²) in [6, 6.07) is 8.89. The molecule has 4 heteroatoms. The van der Waals surface area contributed by atoms with Crippen molar-refractivity contribution in [1.29, 1.82) is 0 Å². The lowest BCUT2D eigenvalue weighted by Crippen LogP contribution is -2.42. The van der Waals surface area contributed by atoms with Crippen LogP contribution in [0.25, 0.3) is 0 Å². The normalized spacial score (nSPS) is 14.7. The highest BCUT2D eigenvalue weighted by atomic mass is 79.9. The van der Waals surface area contributed by atoms with E-state index in [-0.39, 0.29) is 12.1 Å². The number of nitrogens with zero attached hydrogens (tertiary/aromatic N) is 2. The largest absolute Gasteiger partial charge is 0.326 e. The van der Waals surface area contributed by atoms with E-state index in [1.165, 1.54) is 5.56 Å². The van der Waals surface area contributed by atoms with E-state index in [9.17, 15) is 0 Å². The minimum absolute atomic E-state index is 0.156. The van der Waals surface area contributed by atoms with Crippen molar-refractivity contribution in [3.05, 3.63) is 34.3 Å². The minimum atomic E-state index is 0.156. The second-order valence-electron chi connectivity index (χ2n) is 5.82. The van der Waals surface area contributed by atoms with Gasteiger partial charge in [-0.25, -0.2) is 0 Å². The molecule has 2 atom stereocenters. The maximum atomic E-state index is 6.45. The van der Waals surface area contributed by atoms with Crippen LogP contribution < -0.4 is 5.73 Å². The Morgan fingerprint density at radius 2 is 1.81 bits per heavy atom. The molecule has 0 heterocycles. The second kappa shape index (κ2) is 9.57. The van der Waals surface area contributed by atoms with Crippen LogP contribution in [-0.4, -0.2) is 49.6 Å². The van der Waals surface area contributed by atoms with E-state index in [4.69, 9.17) is 5.73 Å². The van der Waals surface area contributed by atoms with Gasteiger partial charge in [0.1, 0.15) is 0 Å². The van der Waals surface area contributed by atoms with Crippen LogP contribution in [0.5, 0.6) is 0 Å². The van der Waals surface area contributed by atoms with Crippen molar-refractivity contribution in [2.75, 3.05) is 33.7 Å². The molecular formula is C17H30BrN3. The lowest BCUT2D eigenvalue weighted by Gasteiger charge is -2.35. The number of halogens is 1. The van der Waals surface area contributed by atoms with Crippen molar-refractivity contribution in [3.63, 3.8) is 0 Å². The van der Waals surface area contributed by atoms with E-state index >= 15 is 0 Å². The number of hydrogen-bond donors (Lipinski definition) is 1. The summed E-state index contributed by atoms with van der Waals surface area (Å²) >= 11 is 3.69. The first-order valence-corrected chi connectivity index (χ1v) is 8.69. The Kier molecular flexibility index (Phi) is 8.49. The third-order valence-corrected chi connectivity index (χ3v) is 4.67. The maximum Gasteiger partial charge on any atom is 0.0510 e. The lowest BCUT2D eigenvalue weighted by atomic mass is 9.96. The van der Waals surface area contributed by atoms with Crippen LogP contribution in [0.2, 0.25) is 0 Å². The Morgan fingerprint density at radius 1 is 1.14 bits per heavy atom. The molecule has 0 radical (unpaired) electrons. The molecule has 0 aliphatic carbocycles. The predicted molar refractivity (Wildman–Crippen MR) is 95.6 cm³/mol. The molecule has 0 aliphatic rings. The maximum absolute atomic E-state index is 6.45. The fraction of sp³-hybridized carbons (Fsp3) is 0.647. The van der Waals surface area contributed by atoms with E-state index in [2.05, 4.69) is 77.9 Å². The van der Waals surface area contributed by atoms with Crippen LogP contribution in [0.15, 0.2) is 28.7 Å². The van der Waals surface area contributed by atoms with Crippen LogP contribution >= 0.6 is 15.9 Å². The summed E-state index contributed by atoms with van der Waals surface area (Å²) in [7, 11) is 4.25. The topological polar surface area (TPSA) is 32.5 Å². The fourth-order valence-corrected chi connectivity index (χ4v) is 3.24. The van der Waals surface area contributed by atoms with Gasteiger partial charge in [0.2, 0.25) is 0 Å². The summed E-state index contributed by atoms with van der Waals surface area (Å²) in [5.41, 5.74) is 7.76. The van der Waals surface area contributed by atoms with Crippen LogP contribution in [-0.2, 0) is 0 Å². The van der Waals surface area contributed by atoms with E-state index < -0.39 is 0 Å². The summed E-state index contributed by atoms with van der Waals surface area (Å²) in [5, 5.41) is 0. The molecule has 120 valence electrons. The third kappa shape index (κ3) is 5.70. The number of likely N-dealkylation sites (N-methyl/N-ethyl adjacent to an activating group) is 1. The van der Waals surface area contributed by atoms with Gasteiger partial charge in [-0.05, 0) is 51.7 Å². The number of rotatable bonds is 9. The highest BCUT2D eigenvalue weighted by molar-refractivity contribution is 9.10. The van der Waals surface area contributed by atoms with Crippen LogP contribution in [0, 0.1) is 0 Å². The van der Waals surface area contributed by atoms with Gasteiger partial charge in [-0.15, -0.1) is 0 Å². The average Bonchev–Trinajstić information content (AvgIpc) is 2.47. The highest BCUT2D eigenvalue weighted by Crippen LogP contribution is 2.30. The zero-order valence-corrected chi connectivity index (χ0v) is 15.4. The van der Waals surface area contributed by atoms with Crippen LogP contribution in [0.4, 0.5) is 0 Å². The second-order valence-corrected chi connectivity index (χ2v) is 6.68. The molecule has 3 nitrogen and oxygen atoms in total. The fourth-order valence-electron chi connectivity index (χ4n) is 2.72. The number of hydrogen-bond acceptors (Lipinski definition) is 3. The van der Waals surface area contributed by atoms with Crippen LogP contribution in [0.1, 0.15) is 38.3 Å². The van der Waals surface area contributed by atoms with Crippen molar-refractivity contribution in [3.8, 4) is 0 Å². The lowest BCUT2D eigenvalue weighted by molar-refractivity contribution is 0.169. The summed E-state index contributed by atoms with van der Waals surface area (Å²) in [6.07, 6.45) is 2.15. The SMILES string of the molecule is CCC(N)C(c1ccccc1Br)N(CC)CCCN(C)C. The van der Waals surface area contributed by atoms with Gasteiger partial charge in [-0.2, -0.15) is 0 Å². The van der Waals surface area contributed by atoms with Gasteiger partial charge in [0.15, 0.2) is 0 Å². The molecule has 0 fully saturated rings. The first kappa shape index (κ1) is 18.6. The molecule has 1 aromatic carbocycles. The van der Waals surface area contributed by atoms with Crippen molar-refractivity contribution >= 4 is 15.9 Å². The van der Waals surface area contributed by atoms with E-state index in [1.54, 1.807) is 0 Å². The molecule has 1 rings (SSSR count). The van der Waals surface area contributed by atoms with Crippen molar-refractivity contribution in [1.82, 2.24) is 9.80 Å². The molecule has 0 amide bonds. The highest BCUT2D eigenvalue weighted by Gasteiger charge is 2.26. The quantitative estimate of drug-likeness (QED) is 0.735. The van der Waals surface area contributed by atoms with Gasteiger partial charge in [-0.1, -0.05) is 48.0 Å². The van der Waals surface area contributed by atoms with Crippen molar-refractivity contribution < 1.29 is 0 Å². The molecule has 0 saturated carbocycles. The average molecular weight is 356 g/mol. The first-order valence-electron chi connectivity index (χ1n) is 7.90. The monoisotopic (exact) mass is 355 g/mol. The smallest absolute Gasteiger partial charge is 0.0510 e. The van der Waals surface area contributed by atoms with Gasteiger partial charge < -0.3 is 10.6 Å². The molecule has 0 aromatic heterocycles. The Balaban J connectivity index is 2.92. The standard InChI is InChI=1S/C17H30BrN3/c1-5-16(19)17(14-10-7-8-11-15(14)18)21(6-2)13-9-12-20(3)4/h7-8,10-11,16-17H,5-6,9,12-13,19H2,1-4H3. The third-order valence-electron chi connectivity index (χ3n) is 3.95. The Hall–Kier alpha value is -0.420. The van der Waals surface area contributed by atoms with Crippen molar-refractivity contribution in [2.24, 2.45) is 5.73 Å².